The largest absolute Gasteiger partial charge is 0.612 e. The molecule has 0 N–H and O–H groups in total. The number of halogens is 1. The molecule has 0 heterocycles. The van der Waals surface area contributed by atoms with Crippen molar-refractivity contribution in [1.29, 1.82) is 5.26 Å². The summed E-state index contributed by atoms with van der Waals surface area (Å²) in [6.07, 6.45) is 2.98. The minimum absolute atomic E-state index is 0.170. The number of ketones is 2. The van der Waals surface area contributed by atoms with E-state index in [0.717, 1.165) is 12.8 Å². The third kappa shape index (κ3) is 3.19. The normalized spacial score (nSPS) is 16.5. The number of Topliss-reactive ketones (excluding diaryl/α,β-unsaturated/α-hetero) is 2. The minimum Gasteiger partial charge on any atom is -0.612 e. The SMILES string of the molecule is COc1c([S+](C)[O-])ccc(C(=O)C(C#N)C(=O)C2CC2)c1Br. The molecular formula is C15H14BrNO4S. The number of nitrogens with zero attached hydrogens (tertiary/aromatic N) is 1. The van der Waals surface area contributed by atoms with Crippen molar-refractivity contribution in [1.82, 2.24) is 0 Å². The molecule has 0 radical (unpaired) electrons. The summed E-state index contributed by atoms with van der Waals surface area (Å²) >= 11 is 1.97. The molecule has 116 valence electrons. The van der Waals surface area contributed by atoms with Crippen molar-refractivity contribution in [2.24, 2.45) is 11.8 Å². The van der Waals surface area contributed by atoms with Crippen molar-refractivity contribution < 1.29 is 18.9 Å². The molecule has 1 aliphatic rings. The lowest BCUT2D eigenvalue weighted by Crippen LogP contribution is -2.24. The second-order valence-electron chi connectivity index (χ2n) is 5.02. The Kier molecular flexibility index (Phi) is 5.27. The number of hydrogen-bond donors (Lipinski definition) is 0. The molecule has 0 aliphatic heterocycles. The van der Waals surface area contributed by atoms with Crippen molar-refractivity contribution in [2.45, 2.75) is 17.7 Å². The van der Waals surface area contributed by atoms with Crippen LogP contribution in [0.4, 0.5) is 0 Å². The lowest BCUT2D eigenvalue weighted by molar-refractivity contribution is -0.121. The first-order valence-corrected chi connectivity index (χ1v) is 8.95. The summed E-state index contributed by atoms with van der Waals surface area (Å²) < 4.78 is 17.2. The molecule has 0 aromatic heterocycles. The molecule has 5 nitrogen and oxygen atoms in total. The van der Waals surface area contributed by atoms with E-state index in [9.17, 15) is 19.4 Å². The van der Waals surface area contributed by atoms with Crippen LogP contribution >= 0.6 is 15.9 Å². The Morgan fingerprint density at radius 2 is 2.14 bits per heavy atom. The first-order valence-electron chi connectivity index (χ1n) is 6.59. The molecule has 1 aromatic rings. The van der Waals surface area contributed by atoms with Gasteiger partial charge in [-0.3, -0.25) is 9.59 Å². The predicted octanol–water partition coefficient (Wildman–Crippen LogP) is 2.50. The van der Waals surface area contributed by atoms with Crippen LogP contribution in [0.2, 0.25) is 0 Å². The third-order valence-corrected chi connectivity index (χ3v) is 5.22. The van der Waals surface area contributed by atoms with Crippen LogP contribution in [-0.4, -0.2) is 29.5 Å². The Morgan fingerprint density at radius 1 is 1.50 bits per heavy atom. The van der Waals surface area contributed by atoms with Crippen molar-refractivity contribution in [2.75, 3.05) is 13.4 Å². The highest BCUT2D eigenvalue weighted by atomic mass is 79.9. The molecule has 1 fully saturated rings. The standard InChI is InChI=1S/C15H14BrNO4S/c1-21-15-11(22(2)20)6-5-9(12(15)16)14(19)10(7-17)13(18)8-3-4-8/h5-6,8,10H,3-4H2,1-2H3. The number of methoxy groups -OCH3 is 1. The van der Waals surface area contributed by atoms with Gasteiger partial charge in [-0.05, 0) is 52.1 Å². The van der Waals surface area contributed by atoms with Crippen LogP contribution in [0.25, 0.3) is 0 Å². The van der Waals surface area contributed by atoms with Gasteiger partial charge in [0.2, 0.25) is 0 Å². The Bertz CT molecular complexity index is 664. The highest BCUT2D eigenvalue weighted by Gasteiger charge is 2.39. The van der Waals surface area contributed by atoms with Gasteiger partial charge in [0, 0.05) is 11.5 Å². The zero-order chi connectivity index (χ0) is 16.4. The Morgan fingerprint density at radius 3 is 2.59 bits per heavy atom. The van der Waals surface area contributed by atoms with Crippen molar-refractivity contribution in [3.8, 4) is 11.8 Å². The molecule has 1 aromatic carbocycles. The Hall–Kier alpha value is -1.36. The molecule has 22 heavy (non-hydrogen) atoms. The molecule has 1 aliphatic carbocycles. The van der Waals surface area contributed by atoms with Gasteiger partial charge in [-0.15, -0.1) is 0 Å². The second kappa shape index (κ2) is 6.82. The quantitative estimate of drug-likeness (QED) is 0.427. The van der Waals surface area contributed by atoms with Gasteiger partial charge in [0.15, 0.2) is 28.1 Å². The fourth-order valence-electron chi connectivity index (χ4n) is 2.16. The van der Waals surface area contributed by atoms with Gasteiger partial charge in [0.1, 0.15) is 6.26 Å². The Labute approximate surface area is 140 Å². The van der Waals surface area contributed by atoms with E-state index in [4.69, 9.17) is 4.74 Å². The number of nitriles is 1. The first kappa shape index (κ1) is 17.0. The highest BCUT2D eigenvalue weighted by Crippen LogP contribution is 2.38. The maximum Gasteiger partial charge on any atom is 0.195 e. The lowest BCUT2D eigenvalue weighted by atomic mass is 9.92. The first-order chi connectivity index (χ1) is 10.4. The van der Waals surface area contributed by atoms with E-state index >= 15 is 0 Å². The smallest absolute Gasteiger partial charge is 0.195 e. The highest BCUT2D eigenvalue weighted by molar-refractivity contribution is 9.10. The summed E-state index contributed by atoms with van der Waals surface area (Å²) in [7, 11) is 1.40. The number of carbonyl (C=O) groups excluding carboxylic acids is 2. The van der Waals surface area contributed by atoms with Gasteiger partial charge < -0.3 is 9.29 Å². The van der Waals surface area contributed by atoms with Gasteiger partial charge in [-0.2, -0.15) is 5.26 Å². The average Bonchev–Trinajstić information content (AvgIpc) is 3.31. The van der Waals surface area contributed by atoms with E-state index in [0.29, 0.717) is 9.37 Å². The second-order valence-corrected chi connectivity index (χ2v) is 7.16. The maximum atomic E-state index is 12.5. The molecule has 7 heteroatoms. The molecule has 1 saturated carbocycles. The monoisotopic (exact) mass is 383 g/mol. The summed E-state index contributed by atoms with van der Waals surface area (Å²) in [5.74, 6) is -2.06. The summed E-state index contributed by atoms with van der Waals surface area (Å²) in [5, 5.41) is 9.18. The van der Waals surface area contributed by atoms with E-state index in [1.807, 2.05) is 0 Å². The zero-order valence-electron chi connectivity index (χ0n) is 12.1. The van der Waals surface area contributed by atoms with E-state index in [-0.39, 0.29) is 23.0 Å². The van der Waals surface area contributed by atoms with Crippen molar-refractivity contribution in [3.63, 3.8) is 0 Å². The number of benzene rings is 1. The molecule has 2 unspecified atom stereocenters. The molecule has 0 amide bonds. The van der Waals surface area contributed by atoms with Crippen LogP contribution < -0.4 is 4.74 Å². The number of carbonyl (C=O) groups is 2. The van der Waals surface area contributed by atoms with E-state index < -0.39 is 22.9 Å². The van der Waals surface area contributed by atoms with Crippen LogP contribution in [0.5, 0.6) is 5.75 Å². The zero-order valence-corrected chi connectivity index (χ0v) is 14.5. The minimum atomic E-state index is -1.30. The van der Waals surface area contributed by atoms with Gasteiger partial charge in [-0.1, -0.05) is 0 Å². The summed E-state index contributed by atoms with van der Waals surface area (Å²) in [6.45, 7) is 0. The fraction of sp³-hybridized carbons (Fsp3) is 0.400. The van der Waals surface area contributed by atoms with Gasteiger partial charge in [0.25, 0.3) is 0 Å². The van der Waals surface area contributed by atoms with Crippen LogP contribution in [0.15, 0.2) is 21.5 Å². The summed E-state index contributed by atoms with van der Waals surface area (Å²) in [6, 6.07) is 4.79. The number of rotatable bonds is 6. The van der Waals surface area contributed by atoms with Gasteiger partial charge in [-0.25, -0.2) is 0 Å². The average molecular weight is 384 g/mol. The fourth-order valence-corrected chi connectivity index (χ4v) is 3.70. The third-order valence-electron chi connectivity index (χ3n) is 3.50. The van der Waals surface area contributed by atoms with Gasteiger partial charge >= 0.3 is 0 Å². The lowest BCUT2D eigenvalue weighted by Gasteiger charge is -2.14. The molecule has 2 atom stereocenters. The molecule has 0 saturated heterocycles. The van der Waals surface area contributed by atoms with E-state index in [2.05, 4.69) is 15.9 Å². The van der Waals surface area contributed by atoms with Crippen molar-refractivity contribution >= 4 is 38.7 Å². The molecule has 0 bridgehead atoms. The van der Waals surface area contributed by atoms with Crippen LogP contribution in [-0.2, 0) is 16.0 Å². The van der Waals surface area contributed by atoms with E-state index in [1.54, 1.807) is 6.07 Å². The summed E-state index contributed by atoms with van der Waals surface area (Å²) in [5.41, 5.74) is 0.187. The molecule has 2 rings (SSSR count). The number of ether oxygens (including phenoxy) is 1. The van der Waals surface area contributed by atoms with Gasteiger partial charge in [0.05, 0.1) is 17.7 Å². The molecule has 0 spiro atoms. The van der Waals surface area contributed by atoms with Crippen LogP contribution in [0.1, 0.15) is 23.2 Å². The number of hydrogen-bond acceptors (Lipinski definition) is 5. The molecular weight excluding hydrogens is 370 g/mol. The van der Waals surface area contributed by atoms with Crippen molar-refractivity contribution in [3.05, 3.63) is 22.2 Å². The van der Waals surface area contributed by atoms with E-state index in [1.165, 1.54) is 25.5 Å². The maximum absolute atomic E-state index is 12.5. The topological polar surface area (TPSA) is 90.2 Å². The summed E-state index contributed by atoms with van der Waals surface area (Å²) in [4.78, 5) is 25.0. The van der Waals surface area contributed by atoms with Crippen LogP contribution in [0.3, 0.4) is 0 Å². The van der Waals surface area contributed by atoms with Crippen LogP contribution in [0, 0.1) is 23.2 Å². The Balaban J connectivity index is 2.41. The predicted molar refractivity (Wildman–Crippen MR) is 84.2 cm³/mol.